The molecule has 2 rings (SSSR count). The van der Waals surface area contributed by atoms with Crippen LogP contribution in [0.1, 0.15) is 36.6 Å². The van der Waals surface area contributed by atoms with Crippen molar-refractivity contribution in [2.75, 3.05) is 18.8 Å². The number of nitrogen functional groups attached to an aromatic ring is 1. The molecule has 0 saturated carbocycles. The van der Waals surface area contributed by atoms with Gasteiger partial charge >= 0.3 is 0 Å². The summed E-state index contributed by atoms with van der Waals surface area (Å²) in [6.07, 6.45) is 2.57. The molecule has 0 amide bonds. The fourth-order valence-electron chi connectivity index (χ4n) is 3.16. The molecule has 2 atom stereocenters. The zero-order valence-corrected chi connectivity index (χ0v) is 11.6. The van der Waals surface area contributed by atoms with Crippen molar-refractivity contribution >= 4 is 5.82 Å². The van der Waals surface area contributed by atoms with Gasteiger partial charge in [0, 0.05) is 18.5 Å². The SMILES string of the molecule is CC[NH+]1CCC[C@H]1Cn1c(C)c(C)c(C#N)c1N. The standard InChI is InChI=1S/C14H22N4/c1-4-17-7-5-6-12(17)9-18-11(3)10(2)13(8-15)14(18)16/h12H,4-7,9,16H2,1-3H3/p+1/t12-/m0/s1. The lowest BCUT2D eigenvalue weighted by atomic mass is 10.2. The second kappa shape index (κ2) is 5.03. The second-order valence-corrected chi connectivity index (χ2v) is 5.29. The van der Waals surface area contributed by atoms with Crippen molar-refractivity contribution in [1.82, 2.24) is 4.57 Å². The van der Waals surface area contributed by atoms with Crippen LogP contribution in [0.25, 0.3) is 0 Å². The number of aromatic nitrogens is 1. The third kappa shape index (κ3) is 1.99. The largest absolute Gasteiger partial charge is 0.384 e. The van der Waals surface area contributed by atoms with Gasteiger partial charge < -0.3 is 15.2 Å². The highest BCUT2D eigenvalue weighted by atomic mass is 15.2. The lowest BCUT2D eigenvalue weighted by molar-refractivity contribution is -0.911. The molecule has 0 aromatic carbocycles. The molecule has 0 spiro atoms. The molecule has 1 aromatic heterocycles. The Kier molecular flexibility index (Phi) is 3.63. The van der Waals surface area contributed by atoms with E-state index < -0.39 is 0 Å². The van der Waals surface area contributed by atoms with Gasteiger partial charge in [0.15, 0.2) is 0 Å². The number of likely N-dealkylation sites (N-methyl/N-ethyl adjacent to an activating group) is 1. The van der Waals surface area contributed by atoms with Gasteiger partial charge in [0.25, 0.3) is 0 Å². The summed E-state index contributed by atoms with van der Waals surface area (Å²) in [5.41, 5.74) is 8.95. The molecule has 1 aliphatic heterocycles. The van der Waals surface area contributed by atoms with E-state index in [9.17, 15) is 0 Å². The Labute approximate surface area is 109 Å². The lowest BCUT2D eigenvalue weighted by Crippen LogP contribution is -3.13. The van der Waals surface area contributed by atoms with Crippen molar-refractivity contribution in [2.45, 2.75) is 46.2 Å². The quantitative estimate of drug-likeness (QED) is 0.823. The summed E-state index contributed by atoms with van der Waals surface area (Å²) in [6.45, 7) is 9.68. The van der Waals surface area contributed by atoms with Crippen LogP contribution in [0.5, 0.6) is 0 Å². The van der Waals surface area contributed by atoms with Gasteiger partial charge in [-0.2, -0.15) is 5.26 Å². The molecule has 0 radical (unpaired) electrons. The number of nitriles is 1. The monoisotopic (exact) mass is 247 g/mol. The zero-order valence-electron chi connectivity index (χ0n) is 11.6. The van der Waals surface area contributed by atoms with Crippen LogP contribution in [0.3, 0.4) is 0 Å². The minimum Gasteiger partial charge on any atom is -0.384 e. The molecule has 18 heavy (non-hydrogen) atoms. The molecule has 2 heterocycles. The molecule has 1 unspecified atom stereocenters. The summed E-state index contributed by atoms with van der Waals surface area (Å²) in [6, 6.07) is 2.87. The van der Waals surface area contributed by atoms with Gasteiger partial charge in [0.1, 0.15) is 17.9 Å². The maximum atomic E-state index is 9.15. The van der Waals surface area contributed by atoms with Gasteiger partial charge in [-0.15, -0.1) is 0 Å². The molecule has 0 bridgehead atoms. The molecule has 1 fully saturated rings. The van der Waals surface area contributed by atoms with E-state index in [0.717, 1.165) is 17.8 Å². The summed E-state index contributed by atoms with van der Waals surface area (Å²) in [5, 5.41) is 9.15. The molecular formula is C14H23N4+. The Morgan fingerprint density at radius 2 is 2.22 bits per heavy atom. The van der Waals surface area contributed by atoms with Crippen LogP contribution in [-0.2, 0) is 6.54 Å². The molecule has 0 aliphatic carbocycles. The van der Waals surface area contributed by atoms with Crippen molar-refractivity contribution in [3.05, 3.63) is 16.8 Å². The average Bonchev–Trinajstić information content (AvgIpc) is 2.89. The third-order valence-corrected chi connectivity index (χ3v) is 4.47. The lowest BCUT2D eigenvalue weighted by Gasteiger charge is -2.21. The number of nitrogens with two attached hydrogens (primary N) is 1. The van der Waals surface area contributed by atoms with Gasteiger partial charge in [0.2, 0.25) is 0 Å². The van der Waals surface area contributed by atoms with Crippen LogP contribution >= 0.6 is 0 Å². The predicted octanol–water partition coefficient (Wildman–Crippen LogP) is 0.626. The second-order valence-electron chi connectivity index (χ2n) is 5.29. The molecular weight excluding hydrogens is 224 g/mol. The number of hydrogen-bond acceptors (Lipinski definition) is 2. The van der Waals surface area contributed by atoms with Crippen LogP contribution in [0.2, 0.25) is 0 Å². The molecule has 4 heteroatoms. The van der Waals surface area contributed by atoms with Crippen molar-refractivity contribution in [3.8, 4) is 6.07 Å². The number of likely N-dealkylation sites (tertiary alicyclic amines) is 1. The molecule has 4 nitrogen and oxygen atoms in total. The third-order valence-electron chi connectivity index (χ3n) is 4.47. The Balaban J connectivity index is 2.27. The first-order valence-corrected chi connectivity index (χ1v) is 6.80. The molecule has 1 aliphatic rings. The van der Waals surface area contributed by atoms with Gasteiger partial charge in [0.05, 0.1) is 25.2 Å². The average molecular weight is 247 g/mol. The fraction of sp³-hybridized carbons (Fsp3) is 0.643. The fourth-order valence-corrected chi connectivity index (χ4v) is 3.16. The van der Waals surface area contributed by atoms with E-state index in [1.807, 2.05) is 6.92 Å². The first-order valence-electron chi connectivity index (χ1n) is 6.80. The molecule has 1 saturated heterocycles. The van der Waals surface area contributed by atoms with Crippen molar-refractivity contribution in [1.29, 1.82) is 5.26 Å². The highest BCUT2D eigenvalue weighted by molar-refractivity contribution is 5.57. The number of hydrogen-bond donors (Lipinski definition) is 2. The Morgan fingerprint density at radius 1 is 1.50 bits per heavy atom. The minimum absolute atomic E-state index is 0.648. The smallest absolute Gasteiger partial charge is 0.122 e. The Hall–Kier alpha value is -1.47. The van der Waals surface area contributed by atoms with Crippen LogP contribution < -0.4 is 10.6 Å². The minimum atomic E-state index is 0.648. The first-order chi connectivity index (χ1) is 8.60. The summed E-state index contributed by atoms with van der Waals surface area (Å²) >= 11 is 0. The Bertz CT molecular complexity index is 481. The highest BCUT2D eigenvalue weighted by Gasteiger charge is 2.29. The predicted molar refractivity (Wildman–Crippen MR) is 72.4 cm³/mol. The summed E-state index contributed by atoms with van der Waals surface area (Å²) < 4.78 is 2.14. The van der Waals surface area contributed by atoms with Crippen LogP contribution in [0.15, 0.2) is 0 Å². The molecule has 1 aromatic rings. The zero-order chi connectivity index (χ0) is 13.3. The van der Waals surface area contributed by atoms with Gasteiger partial charge in [-0.25, -0.2) is 0 Å². The van der Waals surface area contributed by atoms with E-state index in [2.05, 4.69) is 24.5 Å². The summed E-state index contributed by atoms with van der Waals surface area (Å²) in [4.78, 5) is 1.67. The van der Waals surface area contributed by atoms with E-state index in [0.29, 0.717) is 17.4 Å². The van der Waals surface area contributed by atoms with Crippen molar-refractivity contribution < 1.29 is 4.90 Å². The number of nitrogens with zero attached hydrogens (tertiary/aromatic N) is 2. The normalized spacial score (nSPS) is 23.2. The van der Waals surface area contributed by atoms with Crippen LogP contribution in [-0.4, -0.2) is 23.7 Å². The number of nitrogens with one attached hydrogen (secondary N) is 1. The van der Waals surface area contributed by atoms with Gasteiger partial charge in [-0.05, 0) is 26.3 Å². The molecule has 98 valence electrons. The van der Waals surface area contributed by atoms with Crippen molar-refractivity contribution in [2.24, 2.45) is 0 Å². The van der Waals surface area contributed by atoms with E-state index >= 15 is 0 Å². The number of quaternary nitrogens is 1. The van der Waals surface area contributed by atoms with Crippen molar-refractivity contribution in [3.63, 3.8) is 0 Å². The number of rotatable bonds is 3. The van der Waals surface area contributed by atoms with E-state index in [1.165, 1.54) is 25.9 Å². The van der Waals surface area contributed by atoms with Gasteiger partial charge in [-0.3, -0.25) is 0 Å². The first kappa shape index (κ1) is 13.0. The van der Waals surface area contributed by atoms with E-state index in [4.69, 9.17) is 11.0 Å². The van der Waals surface area contributed by atoms with Crippen LogP contribution in [0, 0.1) is 25.2 Å². The highest BCUT2D eigenvalue weighted by Crippen LogP contribution is 2.24. The number of anilines is 1. The van der Waals surface area contributed by atoms with E-state index in [-0.39, 0.29) is 0 Å². The summed E-state index contributed by atoms with van der Waals surface area (Å²) in [5.74, 6) is 0.648. The Morgan fingerprint density at radius 3 is 2.78 bits per heavy atom. The van der Waals surface area contributed by atoms with Gasteiger partial charge in [-0.1, -0.05) is 0 Å². The maximum absolute atomic E-state index is 9.15. The van der Waals surface area contributed by atoms with Crippen LogP contribution in [0.4, 0.5) is 5.82 Å². The van der Waals surface area contributed by atoms with E-state index in [1.54, 1.807) is 4.90 Å². The molecule has 3 N–H and O–H groups in total. The summed E-state index contributed by atoms with van der Waals surface area (Å²) in [7, 11) is 0. The maximum Gasteiger partial charge on any atom is 0.122 e. The topological polar surface area (TPSA) is 59.2 Å².